The molecular formula is C13H15NO4S. The van der Waals surface area contributed by atoms with Gasteiger partial charge in [-0.3, -0.25) is 0 Å². The summed E-state index contributed by atoms with van der Waals surface area (Å²) in [5, 5.41) is 9.71. The normalized spacial score (nSPS) is 11.9. The molecule has 1 aromatic heterocycles. The summed E-state index contributed by atoms with van der Waals surface area (Å²) in [5.41, 5.74) is 1.74. The van der Waals surface area contributed by atoms with Crippen molar-refractivity contribution in [3.8, 4) is 0 Å². The molecule has 6 heteroatoms. The van der Waals surface area contributed by atoms with Gasteiger partial charge in [0, 0.05) is 29.4 Å². The lowest BCUT2D eigenvalue weighted by molar-refractivity contribution is 0.0697. The van der Waals surface area contributed by atoms with E-state index in [1.807, 2.05) is 11.5 Å². The highest BCUT2D eigenvalue weighted by Gasteiger charge is 2.14. The van der Waals surface area contributed by atoms with Crippen LogP contribution in [-0.4, -0.2) is 30.3 Å². The van der Waals surface area contributed by atoms with Crippen molar-refractivity contribution >= 4 is 26.7 Å². The third-order valence-corrected chi connectivity index (χ3v) is 3.78. The minimum atomic E-state index is -3.12. The predicted octanol–water partition coefficient (Wildman–Crippen LogP) is 1.90. The SMILES string of the molecule is CCn1c(CS(C)(=O)=O)cc2cc(C(=O)O)ccc21. The zero-order valence-corrected chi connectivity index (χ0v) is 11.6. The first kappa shape index (κ1) is 13.6. The molecular weight excluding hydrogens is 266 g/mol. The summed E-state index contributed by atoms with van der Waals surface area (Å²) >= 11 is 0. The molecule has 0 radical (unpaired) electrons. The number of nitrogens with zero attached hydrogens (tertiary/aromatic N) is 1. The average molecular weight is 281 g/mol. The largest absolute Gasteiger partial charge is 0.478 e. The van der Waals surface area contributed by atoms with Crippen LogP contribution in [0.25, 0.3) is 10.9 Å². The molecule has 2 aromatic rings. The number of hydrogen-bond acceptors (Lipinski definition) is 3. The second kappa shape index (κ2) is 4.70. The highest BCUT2D eigenvalue weighted by atomic mass is 32.2. The van der Waals surface area contributed by atoms with E-state index in [0.29, 0.717) is 12.2 Å². The summed E-state index contributed by atoms with van der Waals surface area (Å²) in [6, 6.07) is 6.55. The molecule has 102 valence electrons. The van der Waals surface area contributed by atoms with Crippen LogP contribution in [-0.2, 0) is 22.1 Å². The second-order valence-electron chi connectivity index (χ2n) is 4.53. The van der Waals surface area contributed by atoms with Crippen molar-refractivity contribution in [3.05, 3.63) is 35.5 Å². The van der Waals surface area contributed by atoms with Crippen LogP contribution < -0.4 is 0 Å². The van der Waals surface area contributed by atoms with E-state index in [-0.39, 0.29) is 11.3 Å². The number of benzene rings is 1. The van der Waals surface area contributed by atoms with E-state index in [0.717, 1.165) is 10.9 Å². The molecule has 0 bridgehead atoms. The summed E-state index contributed by atoms with van der Waals surface area (Å²) in [6.45, 7) is 2.57. The number of rotatable bonds is 4. The van der Waals surface area contributed by atoms with Gasteiger partial charge in [-0.15, -0.1) is 0 Å². The van der Waals surface area contributed by atoms with Crippen LogP contribution >= 0.6 is 0 Å². The number of carbonyl (C=O) groups is 1. The molecule has 0 saturated carbocycles. The fraction of sp³-hybridized carbons (Fsp3) is 0.308. The van der Waals surface area contributed by atoms with E-state index in [4.69, 9.17) is 5.11 Å². The standard InChI is InChI=1S/C13H15NO4S/c1-3-14-11(8-19(2,17)18)7-10-6-9(13(15)16)4-5-12(10)14/h4-7H,3,8H2,1-2H3,(H,15,16). The lowest BCUT2D eigenvalue weighted by Crippen LogP contribution is -2.07. The number of carboxylic acid groups (broad SMARTS) is 1. The van der Waals surface area contributed by atoms with Crippen molar-refractivity contribution in [1.29, 1.82) is 0 Å². The van der Waals surface area contributed by atoms with Crippen molar-refractivity contribution in [3.63, 3.8) is 0 Å². The molecule has 0 unspecified atom stereocenters. The Morgan fingerprint density at radius 2 is 2.00 bits per heavy atom. The van der Waals surface area contributed by atoms with Crippen molar-refractivity contribution in [2.75, 3.05) is 6.26 Å². The fourth-order valence-electron chi connectivity index (χ4n) is 2.22. The van der Waals surface area contributed by atoms with E-state index in [1.165, 1.54) is 12.3 Å². The first-order valence-corrected chi connectivity index (χ1v) is 7.91. The fourth-order valence-corrected chi connectivity index (χ4v) is 3.00. The van der Waals surface area contributed by atoms with E-state index in [1.54, 1.807) is 18.2 Å². The van der Waals surface area contributed by atoms with Crippen LogP contribution in [0.3, 0.4) is 0 Å². The van der Waals surface area contributed by atoms with E-state index < -0.39 is 15.8 Å². The molecule has 1 N–H and O–H groups in total. The van der Waals surface area contributed by atoms with Gasteiger partial charge in [-0.2, -0.15) is 0 Å². The van der Waals surface area contributed by atoms with Gasteiger partial charge in [-0.1, -0.05) is 0 Å². The Bertz CT molecular complexity index is 743. The number of hydrogen-bond donors (Lipinski definition) is 1. The molecule has 1 aromatic carbocycles. The van der Waals surface area contributed by atoms with Crippen LogP contribution in [0.15, 0.2) is 24.3 Å². The molecule has 19 heavy (non-hydrogen) atoms. The third kappa shape index (κ3) is 2.78. The Hall–Kier alpha value is -1.82. The Balaban J connectivity index is 2.63. The van der Waals surface area contributed by atoms with Crippen LogP contribution in [0.1, 0.15) is 23.0 Å². The van der Waals surface area contributed by atoms with Crippen LogP contribution in [0, 0.1) is 0 Å². The molecule has 1 heterocycles. The molecule has 5 nitrogen and oxygen atoms in total. The number of sulfone groups is 1. The van der Waals surface area contributed by atoms with Crippen molar-refractivity contribution < 1.29 is 18.3 Å². The highest BCUT2D eigenvalue weighted by molar-refractivity contribution is 7.89. The summed E-state index contributed by atoms with van der Waals surface area (Å²) < 4.78 is 24.7. The zero-order valence-electron chi connectivity index (χ0n) is 10.8. The summed E-state index contributed by atoms with van der Waals surface area (Å²) in [7, 11) is -3.12. The summed E-state index contributed by atoms with van der Waals surface area (Å²) in [4.78, 5) is 10.9. The Labute approximate surface area is 111 Å². The van der Waals surface area contributed by atoms with Crippen molar-refractivity contribution in [2.45, 2.75) is 19.2 Å². The zero-order chi connectivity index (χ0) is 14.2. The van der Waals surface area contributed by atoms with Crippen molar-refractivity contribution in [2.24, 2.45) is 0 Å². The van der Waals surface area contributed by atoms with E-state index >= 15 is 0 Å². The number of aromatic nitrogens is 1. The minimum absolute atomic E-state index is 0.0437. The number of aryl methyl sites for hydroxylation is 1. The van der Waals surface area contributed by atoms with Gasteiger partial charge in [-0.25, -0.2) is 13.2 Å². The predicted molar refractivity (Wildman–Crippen MR) is 73.1 cm³/mol. The van der Waals surface area contributed by atoms with Gasteiger partial charge < -0.3 is 9.67 Å². The van der Waals surface area contributed by atoms with Gasteiger partial charge >= 0.3 is 5.97 Å². The van der Waals surface area contributed by atoms with Crippen molar-refractivity contribution in [1.82, 2.24) is 4.57 Å². The van der Waals surface area contributed by atoms with Gasteiger partial charge in [-0.05, 0) is 31.2 Å². The second-order valence-corrected chi connectivity index (χ2v) is 6.67. The molecule has 2 rings (SSSR count). The van der Waals surface area contributed by atoms with Crippen LogP contribution in [0.5, 0.6) is 0 Å². The quantitative estimate of drug-likeness (QED) is 0.928. The molecule has 0 spiro atoms. The maximum atomic E-state index is 11.4. The minimum Gasteiger partial charge on any atom is -0.478 e. The van der Waals surface area contributed by atoms with E-state index in [2.05, 4.69) is 0 Å². The highest BCUT2D eigenvalue weighted by Crippen LogP contribution is 2.23. The Kier molecular flexibility index (Phi) is 3.36. The molecule has 0 aliphatic carbocycles. The average Bonchev–Trinajstić information content (AvgIpc) is 2.62. The lowest BCUT2D eigenvalue weighted by Gasteiger charge is -2.06. The molecule has 0 amide bonds. The number of carboxylic acids is 1. The molecule has 0 aliphatic heterocycles. The van der Waals surface area contributed by atoms with Gasteiger partial charge in [0.05, 0.1) is 11.3 Å². The van der Waals surface area contributed by atoms with Gasteiger partial charge in [0.25, 0.3) is 0 Å². The van der Waals surface area contributed by atoms with Gasteiger partial charge in [0.2, 0.25) is 0 Å². The monoisotopic (exact) mass is 281 g/mol. The summed E-state index contributed by atoms with van der Waals surface area (Å²) in [6.07, 6.45) is 1.19. The smallest absolute Gasteiger partial charge is 0.335 e. The van der Waals surface area contributed by atoms with E-state index in [9.17, 15) is 13.2 Å². The molecule has 0 fully saturated rings. The molecule has 0 saturated heterocycles. The Morgan fingerprint density at radius 1 is 1.32 bits per heavy atom. The number of aromatic carboxylic acids is 1. The first-order valence-electron chi connectivity index (χ1n) is 5.85. The maximum absolute atomic E-state index is 11.4. The lowest BCUT2D eigenvalue weighted by atomic mass is 10.1. The summed E-state index contributed by atoms with van der Waals surface area (Å²) in [5.74, 6) is -1.03. The maximum Gasteiger partial charge on any atom is 0.335 e. The van der Waals surface area contributed by atoms with Gasteiger partial charge in [0.1, 0.15) is 0 Å². The third-order valence-electron chi connectivity index (χ3n) is 2.96. The topological polar surface area (TPSA) is 76.4 Å². The molecule has 0 atom stereocenters. The Morgan fingerprint density at radius 3 is 2.53 bits per heavy atom. The van der Waals surface area contributed by atoms with Crippen LogP contribution in [0.4, 0.5) is 0 Å². The van der Waals surface area contributed by atoms with Gasteiger partial charge in [0.15, 0.2) is 9.84 Å². The number of fused-ring (bicyclic) bond motifs is 1. The first-order chi connectivity index (χ1) is 8.81. The van der Waals surface area contributed by atoms with Crippen LogP contribution in [0.2, 0.25) is 0 Å². The molecule has 0 aliphatic rings.